The van der Waals surface area contributed by atoms with Gasteiger partial charge in [0.15, 0.2) is 5.84 Å². The summed E-state index contributed by atoms with van der Waals surface area (Å²) in [6.45, 7) is -0.0253. The van der Waals surface area contributed by atoms with Gasteiger partial charge in [0.1, 0.15) is 18.7 Å². The van der Waals surface area contributed by atoms with Gasteiger partial charge < -0.3 is 9.57 Å². The van der Waals surface area contributed by atoms with Crippen molar-refractivity contribution in [3.63, 3.8) is 0 Å². The van der Waals surface area contributed by atoms with E-state index in [2.05, 4.69) is 0 Å². The Kier molecular flexibility index (Phi) is 6.79. The minimum atomic E-state index is -5.12. The molecule has 8 heteroatoms. The maximum atomic E-state index is 13.1. The number of benzene rings is 2. The van der Waals surface area contributed by atoms with E-state index < -0.39 is 24.2 Å². The van der Waals surface area contributed by atoms with E-state index in [1.807, 2.05) is 36.4 Å². The first-order valence-corrected chi connectivity index (χ1v) is 10.8. The smallest absolute Gasteiger partial charge is 0.370 e. The van der Waals surface area contributed by atoms with Crippen LogP contribution in [-0.2, 0) is 14.4 Å². The van der Waals surface area contributed by atoms with E-state index in [4.69, 9.17) is 14.6 Å². The van der Waals surface area contributed by atoms with Crippen LogP contribution in [0.2, 0.25) is 0 Å². The molecule has 1 aliphatic carbocycles. The number of nitrogens with zero attached hydrogens (tertiary/aromatic N) is 2. The van der Waals surface area contributed by atoms with Crippen LogP contribution in [0.3, 0.4) is 0 Å². The predicted octanol–water partition coefficient (Wildman–Crippen LogP) is 5.55. The molecule has 0 bridgehead atoms. The average Bonchev–Trinajstić information content (AvgIpc) is 3.17. The Hall–Kier alpha value is -2.87. The zero-order valence-corrected chi connectivity index (χ0v) is 17.5. The number of ether oxygens (including phenoxy) is 1. The Balaban J connectivity index is 1.67. The lowest BCUT2D eigenvalue weighted by Crippen LogP contribution is -2.40. The summed E-state index contributed by atoms with van der Waals surface area (Å²) in [5.74, 6) is -2.10. The molecule has 1 fully saturated rings. The van der Waals surface area contributed by atoms with Crippen LogP contribution in [0.15, 0.2) is 65.7 Å². The second-order valence-electron chi connectivity index (χ2n) is 8.03. The summed E-state index contributed by atoms with van der Waals surface area (Å²) >= 11 is 0. The largest absolute Gasteiger partial charge is 0.493 e. The summed E-state index contributed by atoms with van der Waals surface area (Å²) in [6, 6.07) is 16.9. The molecule has 1 saturated carbocycles. The van der Waals surface area contributed by atoms with Gasteiger partial charge in [0.2, 0.25) is 0 Å². The van der Waals surface area contributed by atoms with E-state index in [1.165, 1.54) is 0 Å². The topological polar surface area (TPSA) is 51.1 Å². The summed E-state index contributed by atoms with van der Waals surface area (Å²) in [5, 5.41) is 0.992. The SMILES string of the molecule is O=C(ON1C(COC2CCCCC2)=NC(c2ccccc2)C1c1ccccc1)C(F)(F)F. The fourth-order valence-corrected chi connectivity index (χ4v) is 4.23. The molecule has 1 heterocycles. The first kappa shape index (κ1) is 22.3. The molecule has 2 aromatic rings. The van der Waals surface area contributed by atoms with Crippen molar-refractivity contribution >= 4 is 11.8 Å². The maximum absolute atomic E-state index is 13.1. The number of hydrogen-bond acceptors (Lipinski definition) is 5. The molecule has 0 N–H and O–H groups in total. The highest BCUT2D eigenvalue weighted by atomic mass is 19.4. The zero-order chi connectivity index (χ0) is 22.6. The van der Waals surface area contributed by atoms with Crippen LogP contribution in [0.25, 0.3) is 0 Å². The van der Waals surface area contributed by atoms with Crippen LogP contribution < -0.4 is 0 Å². The monoisotopic (exact) mass is 446 g/mol. The van der Waals surface area contributed by atoms with E-state index >= 15 is 0 Å². The third kappa shape index (κ3) is 5.12. The molecule has 5 nitrogen and oxygen atoms in total. The lowest BCUT2D eigenvalue weighted by molar-refractivity contribution is -0.231. The van der Waals surface area contributed by atoms with Gasteiger partial charge in [0.25, 0.3) is 0 Å². The number of hydroxylamine groups is 2. The molecule has 0 amide bonds. The first-order valence-electron chi connectivity index (χ1n) is 10.8. The van der Waals surface area contributed by atoms with E-state index in [0.29, 0.717) is 5.56 Å². The Morgan fingerprint density at radius 2 is 1.53 bits per heavy atom. The van der Waals surface area contributed by atoms with Crippen molar-refractivity contribution in [3.05, 3.63) is 71.8 Å². The van der Waals surface area contributed by atoms with Gasteiger partial charge in [0.05, 0.1) is 6.10 Å². The van der Waals surface area contributed by atoms with Crippen molar-refractivity contribution in [2.45, 2.75) is 56.5 Å². The summed E-state index contributed by atoms with van der Waals surface area (Å²) in [7, 11) is 0. The average molecular weight is 446 g/mol. The van der Waals surface area contributed by atoms with Crippen molar-refractivity contribution in [2.75, 3.05) is 6.61 Å². The van der Waals surface area contributed by atoms with Gasteiger partial charge in [-0.25, -0.2) is 4.79 Å². The minimum absolute atomic E-state index is 0.0253. The number of rotatable bonds is 6. The maximum Gasteiger partial charge on any atom is 0.493 e. The second-order valence-corrected chi connectivity index (χ2v) is 8.03. The number of carbonyl (C=O) groups is 1. The van der Waals surface area contributed by atoms with Gasteiger partial charge in [-0.2, -0.15) is 18.2 Å². The van der Waals surface area contributed by atoms with Gasteiger partial charge in [0, 0.05) is 0 Å². The lowest BCUT2D eigenvalue weighted by Gasteiger charge is -2.30. The molecule has 2 aliphatic rings. The molecule has 4 rings (SSSR count). The molecule has 2 atom stereocenters. The fourth-order valence-electron chi connectivity index (χ4n) is 4.23. The van der Waals surface area contributed by atoms with Crippen molar-refractivity contribution in [1.29, 1.82) is 0 Å². The quantitative estimate of drug-likeness (QED) is 0.584. The molecular formula is C24H25F3N2O3. The van der Waals surface area contributed by atoms with Crippen molar-refractivity contribution in [2.24, 2.45) is 4.99 Å². The molecule has 0 saturated heterocycles. The van der Waals surface area contributed by atoms with E-state index in [0.717, 1.165) is 42.7 Å². The number of halogens is 3. The summed E-state index contributed by atoms with van der Waals surface area (Å²) in [5.41, 5.74) is 1.50. The molecule has 1 aliphatic heterocycles. The lowest BCUT2D eigenvalue weighted by atomic mass is 9.95. The second kappa shape index (κ2) is 9.73. The fraction of sp³-hybridized carbons (Fsp3) is 0.417. The third-order valence-electron chi connectivity index (χ3n) is 5.79. The van der Waals surface area contributed by atoms with Crippen molar-refractivity contribution in [1.82, 2.24) is 5.06 Å². The van der Waals surface area contributed by atoms with Crippen LogP contribution >= 0.6 is 0 Å². The molecule has 2 unspecified atom stereocenters. The van der Waals surface area contributed by atoms with Crippen LogP contribution in [0.5, 0.6) is 0 Å². The molecule has 32 heavy (non-hydrogen) atoms. The van der Waals surface area contributed by atoms with E-state index in [-0.39, 0.29) is 18.5 Å². The standard InChI is InChI=1S/C24H25F3N2O3/c25-24(26,27)23(30)32-29-20(16-31-19-14-8-3-9-15-19)28-21(17-10-4-1-5-11-17)22(29)18-12-6-2-7-13-18/h1-2,4-7,10-13,19,21-22H,3,8-9,14-16H2. The number of amidine groups is 1. The Bertz CT molecular complexity index is 929. The van der Waals surface area contributed by atoms with Crippen LogP contribution in [-0.4, -0.2) is 35.8 Å². The van der Waals surface area contributed by atoms with Crippen molar-refractivity contribution < 1.29 is 27.5 Å². The van der Waals surface area contributed by atoms with Crippen LogP contribution in [0.1, 0.15) is 55.3 Å². The third-order valence-corrected chi connectivity index (χ3v) is 5.79. The summed E-state index contributed by atoms with van der Waals surface area (Å²) in [6.07, 6.45) is -0.0203. The summed E-state index contributed by atoms with van der Waals surface area (Å²) in [4.78, 5) is 21.4. The van der Waals surface area contributed by atoms with Crippen molar-refractivity contribution in [3.8, 4) is 0 Å². The number of alkyl halides is 3. The molecular weight excluding hydrogens is 421 g/mol. The molecule has 0 radical (unpaired) electrons. The number of hydrogen-bond donors (Lipinski definition) is 0. The van der Waals surface area contributed by atoms with Crippen LogP contribution in [0, 0.1) is 0 Å². The zero-order valence-electron chi connectivity index (χ0n) is 17.5. The van der Waals surface area contributed by atoms with Gasteiger partial charge in [-0.05, 0) is 24.0 Å². The number of carbonyl (C=O) groups excluding carboxylic acids is 1. The van der Waals surface area contributed by atoms with E-state index in [1.54, 1.807) is 24.3 Å². The normalized spacial score (nSPS) is 22.0. The molecule has 170 valence electrons. The summed E-state index contributed by atoms with van der Waals surface area (Å²) < 4.78 is 45.2. The molecule has 0 aromatic heterocycles. The first-order chi connectivity index (χ1) is 15.4. The highest BCUT2D eigenvalue weighted by molar-refractivity contribution is 5.87. The van der Waals surface area contributed by atoms with E-state index in [9.17, 15) is 18.0 Å². The minimum Gasteiger partial charge on any atom is -0.370 e. The Labute approximate surface area is 184 Å². The molecule has 2 aromatic carbocycles. The Morgan fingerprint density at radius 1 is 0.938 bits per heavy atom. The molecule has 0 spiro atoms. The van der Waals surface area contributed by atoms with Crippen LogP contribution in [0.4, 0.5) is 13.2 Å². The van der Waals surface area contributed by atoms with Gasteiger partial charge in [-0.1, -0.05) is 79.9 Å². The Morgan fingerprint density at radius 3 is 2.12 bits per heavy atom. The predicted molar refractivity (Wildman–Crippen MR) is 113 cm³/mol. The van der Waals surface area contributed by atoms with Gasteiger partial charge >= 0.3 is 12.1 Å². The highest BCUT2D eigenvalue weighted by Gasteiger charge is 2.47. The number of aliphatic imine (C=N–C) groups is 1. The highest BCUT2D eigenvalue weighted by Crippen LogP contribution is 2.43. The van der Waals surface area contributed by atoms with Gasteiger partial charge in [-0.3, -0.25) is 4.99 Å². The van der Waals surface area contributed by atoms with Gasteiger partial charge in [-0.15, -0.1) is 0 Å².